The molecule has 1 unspecified atom stereocenters. The molecule has 0 saturated carbocycles. The Balaban J connectivity index is 1.52. The van der Waals surface area contributed by atoms with Gasteiger partial charge < -0.3 is 20.7 Å². The predicted molar refractivity (Wildman–Crippen MR) is 107 cm³/mol. The number of hydrogen-bond donors (Lipinski definition) is 2. The maximum atomic E-state index is 12.5. The molecule has 0 aliphatic carbocycles. The number of hydrogen-bond acceptors (Lipinski definition) is 5. The molecule has 2 heterocycles. The van der Waals surface area contributed by atoms with Crippen LogP contribution in [0.4, 0.5) is 0 Å². The van der Waals surface area contributed by atoms with Crippen LogP contribution >= 0.6 is 0 Å². The van der Waals surface area contributed by atoms with E-state index in [9.17, 15) is 4.79 Å². The molecule has 6 heteroatoms. The zero-order valence-corrected chi connectivity index (χ0v) is 16.5. The fraction of sp³-hybridized carbons (Fsp3) is 0.667. The van der Waals surface area contributed by atoms with Crippen LogP contribution in [0.25, 0.3) is 0 Å². The first-order valence-electron chi connectivity index (χ1n) is 10.3. The summed E-state index contributed by atoms with van der Waals surface area (Å²) in [5.41, 5.74) is 8.67. The molecule has 1 atom stereocenters. The summed E-state index contributed by atoms with van der Waals surface area (Å²) in [6, 6.07) is 7.96. The Bertz CT molecular complexity index is 596. The third-order valence-electron chi connectivity index (χ3n) is 5.95. The SMILES string of the molecule is CCN1CCN(Cc2ccccc2CNC(=O)C(N)C2CCOCC2)CC1. The lowest BCUT2D eigenvalue weighted by Crippen LogP contribution is -2.47. The minimum Gasteiger partial charge on any atom is -0.381 e. The minimum atomic E-state index is -0.441. The van der Waals surface area contributed by atoms with E-state index in [1.54, 1.807) is 0 Å². The lowest BCUT2D eigenvalue weighted by atomic mass is 9.92. The summed E-state index contributed by atoms with van der Waals surface area (Å²) >= 11 is 0. The number of ether oxygens (including phenoxy) is 1. The quantitative estimate of drug-likeness (QED) is 0.750. The summed E-state index contributed by atoms with van der Waals surface area (Å²) in [5, 5.41) is 3.06. The fourth-order valence-electron chi connectivity index (χ4n) is 3.98. The number of rotatable bonds is 7. The maximum absolute atomic E-state index is 12.5. The summed E-state index contributed by atoms with van der Waals surface area (Å²) < 4.78 is 5.37. The second kappa shape index (κ2) is 10.2. The number of nitrogens with zero attached hydrogens (tertiary/aromatic N) is 2. The van der Waals surface area contributed by atoms with Gasteiger partial charge in [-0.3, -0.25) is 9.69 Å². The van der Waals surface area contributed by atoms with E-state index in [0.29, 0.717) is 19.8 Å². The van der Waals surface area contributed by atoms with Gasteiger partial charge in [-0.25, -0.2) is 0 Å². The van der Waals surface area contributed by atoms with Crippen molar-refractivity contribution < 1.29 is 9.53 Å². The number of benzene rings is 1. The van der Waals surface area contributed by atoms with Crippen molar-refractivity contribution >= 4 is 5.91 Å². The second-order valence-corrected chi connectivity index (χ2v) is 7.67. The molecule has 1 aromatic carbocycles. The zero-order chi connectivity index (χ0) is 19.1. The van der Waals surface area contributed by atoms with E-state index < -0.39 is 6.04 Å². The molecular formula is C21H34N4O2. The molecule has 0 radical (unpaired) electrons. The van der Waals surface area contributed by atoms with Crippen LogP contribution in [0, 0.1) is 5.92 Å². The monoisotopic (exact) mass is 374 g/mol. The van der Waals surface area contributed by atoms with Gasteiger partial charge in [0.05, 0.1) is 6.04 Å². The number of likely N-dealkylation sites (N-methyl/N-ethyl adjacent to an activating group) is 1. The Hall–Kier alpha value is -1.47. The van der Waals surface area contributed by atoms with Crippen LogP contribution in [-0.4, -0.2) is 67.7 Å². The molecule has 27 heavy (non-hydrogen) atoms. The normalized spacial score (nSPS) is 21.1. The van der Waals surface area contributed by atoms with Gasteiger partial charge in [0.25, 0.3) is 0 Å². The molecule has 2 aliphatic rings. The highest BCUT2D eigenvalue weighted by Gasteiger charge is 2.26. The number of nitrogens with one attached hydrogen (secondary N) is 1. The number of amides is 1. The third-order valence-corrected chi connectivity index (χ3v) is 5.95. The first kappa shape index (κ1) is 20.3. The van der Waals surface area contributed by atoms with Crippen molar-refractivity contribution in [2.45, 2.75) is 38.9 Å². The molecule has 0 spiro atoms. The van der Waals surface area contributed by atoms with E-state index in [1.165, 1.54) is 11.1 Å². The number of piperazine rings is 1. The molecule has 1 amide bonds. The van der Waals surface area contributed by atoms with Crippen LogP contribution in [0.2, 0.25) is 0 Å². The average Bonchev–Trinajstić information content (AvgIpc) is 2.73. The Labute approximate surface area is 163 Å². The Morgan fingerprint density at radius 1 is 1.15 bits per heavy atom. The molecular weight excluding hydrogens is 340 g/mol. The van der Waals surface area contributed by atoms with Crippen LogP contribution < -0.4 is 11.1 Å². The molecule has 2 fully saturated rings. The molecule has 6 nitrogen and oxygen atoms in total. The van der Waals surface area contributed by atoms with E-state index in [1.807, 2.05) is 6.07 Å². The van der Waals surface area contributed by atoms with E-state index >= 15 is 0 Å². The van der Waals surface area contributed by atoms with Gasteiger partial charge in [-0.2, -0.15) is 0 Å². The van der Waals surface area contributed by atoms with Crippen LogP contribution in [0.3, 0.4) is 0 Å². The molecule has 2 aliphatic heterocycles. The van der Waals surface area contributed by atoms with Gasteiger partial charge in [-0.15, -0.1) is 0 Å². The number of nitrogens with two attached hydrogens (primary N) is 1. The van der Waals surface area contributed by atoms with Crippen molar-refractivity contribution in [1.82, 2.24) is 15.1 Å². The van der Waals surface area contributed by atoms with Crippen molar-refractivity contribution in [3.63, 3.8) is 0 Å². The van der Waals surface area contributed by atoms with Gasteiger partial charge >= 0.3 is 0 Å². The fourth-order valence-corrected chi connectivity index (χ4v) is 3.98. The Morgan fingerprint density at radius 2 is 1.78 bits per heavy atom. The van der Waals surface area contributed by atoms with Crippen LogP contribution in [0.1, 0.15) is 30.9 Å². The van der Waals surface area contributed by atoms with Crippen molar-refractivity contribution in [1.29, 1.82) is 0 Å². The highest BCUT2D eigenvalue weighted by molar-refractivity contribution is 5.81. The average molecular weight is 375 g/mol. The molecule has 0 bridgehead atoms. The Morgan fingerprint density at radius 3 is 2.44 bits per heavy atom. The smallest absolute Gasteiger partial charge is 0.237 e. The van der Waals surface area contributed by atoms with Gasteiger partial charge in [0.15, 0.2) is 0 Å². The number of carbonyl (C=O) groups excluding carboxylic acids is 1. The summed E-state index contributed by atoms with van der Waals surface area (Å²) in [7, 11) is 0. The number of carbonyl (C=O) groups is 1. The van der Waals surface area contributed by atoms with Gasteiger partial charge in [0.1, 0.15) is 0 Å². The summed E-state index contributed by atoms with van der Waals surface area (Å²) in [6.07, 6.45) is 1.74. The molecule has 3 rings (SSSR count). The van der Waals surface area contributed by atoms with Crippen LogP contribution in [0.15, 0.2) is 24.3 Å². The molecule has 1 aromatic rings. The highest BCUT2D eigenvalue weighted by atomic mass is 16.5. The van der Waals surface area contributed by atoms with E-state index in [0.717, 1.165) is 52.1 Å². The molecule has 0 aromatic heterocycles. The first-order valence-corrected chi connectivity index (χ1v) is 10.3. The second-order valence-electron chi connectivity index (χ2n) is 7.67. The summed E-state index contributed by atoms with van der Waals surface area (Å²) in [4.78, 5) is 17.5. The first-order chi connectivity index (χ1) is 13.2. The lowest BCUT2D eigenvalue weighted by molar-refractivity contribution is -0.124. The predicted octanol–water partition coefficient (Wildman–Crippen LogP) is 1.19. The standard InChI is InChI=1S/C21H34N4O2/c1-2-24-9-11-25(12-10-24)16-19-6-4-3-5-18(19)15-23-21(26)20(22)17-7-13-27-14-8-17/h3-6,17,20H,2,7-16,22H2,1H3,(H,23,26). The zero-order valence-electron chi connectivity index (χ0n) is 16.5. The Kier molecular flexibility index (Phi) is 7.64. The summed E-state index contributed by atoms with van der Waals surface area (Å²) in [6.45, 7) is 10.7. The highest BCUT2D eigenvalue weighted by Crippen LogP contribution is 2.18. The molecule has 3 N–H and O–H groups in total. The van der Waals surface area contributed by atoms with E-state index in [2.05, 4.69) is 40.2 Å². The molecule has 150 valence electrons. The van der Waals surface area contributed by atoms with E-state index in [4.69, 9.17) is 10.5 Å². The van der Waals surface area contributed by atoms with Gasteiger partial charge in [-0.1, -0.05) is 31.2 Å². The third kappa shape index (κ3) is 5.75. The molecule has 2 saturated heterocycles. The van der Waals surface area contributed by atoms with Crippen molar-refractivity contribution in [2.24, 2.45) is 11.7 Å². The summed E-state index contributed by atoms with van der Waals surface area (Å²) in [5.74, 6) is 0.178. The van der Waals surface area contributed by atoms with Crippen LogP contribution in [-0.2, 0) is 22.6 Å². The lowest BCUT2D eigenvalue weighted by Gasteiger charge is -2.34. The van der Waals surface area contributed by atoms with E-state index in [-0.39, 0.29) is 11.8 Å². The van der Waals surface area contributed by atoms with Crippen molar-refractivity contribution in [2.75, 3.05) is 45.9 Å². The largest absolute Gasteiger partial charge is 0.381 e. The maximum Gasteiger partial charge on any atom is 0.237 e. The van der Waals surface area contributed by atoms with Crippen molar-refractivity contribution in [3.05, 3.63) is 35.4 Å². The minimum absolute atomic E-state index is 0.0479. The van der Waals surface area contributed by atoms with Crippen LogP contribution in [0.5, 0.6) is 0 Å². The van der Waals surface area contributed by atoms with Gasteiger partial charge in [-0.05, 0) is 36.4 Å². The van der Waals surface area contributed by atoms with Gasteiger partial charge in [0, 0.05) is 52.5 Å². The van der Waals surface area contributed by atoms with Crippen molar-refractivity contribution in [3.8, 4) is 0 Å². The topological polar surface area (TPSA) is 70.8 Å². The van der Waals surface area contributed by atoms with Gasteiger partial charge in [0.2, 0.25) is 5.91 Å².